The van der Waals surface area contributed by atoms with Gasteiger partial charge in [-0.3, -0.25) is 5.01 Å². The quantitative estimate of drug-likeness (QED) is 0.148. The topological polar surface area (TPSA) is 61.1 Å². The lowest BCUT2D eigenvalue weighted by Crippen LogP contribution is -2.30. The number of pyridine rings is 1. The molecule has 4 aromatic rings. The molecule has 1 heterocycles. The molecule has 4 rings (SSSR count). The van der Waals surface area contributed by atoms with E-state index in [1.165, 1.54) is 12.8 Å². The number of nitrogens with one attached hydrogen (secondary N) is 1. The van der Waals surface area contributed by atoms with Crippen LogP contribution in [0.4, 0.5) is 22.7 Å². The number of methoxy groups -OCH3 is 1. The zero-order valence-corrected chi connectivity index (χ0v) is 22.1. The molecule has 3 aromatic carbocycles. The molecule has 37 heavy (non-hydrogen) atoms. The minimum Gasteiger partial charge on any atom is -0.464 e. The lowest BCUT2D eigenvalue weighted by atomic mass is 10.0. The van der Waals surface area contributed by atoms with Crippen molar-refractivity contribution in [2.24, 2.45) is 12.1 Å². The molecule has 7 nitrogen and oxygen atoms in total. The smallest absolute Gasteiger partial charge is 0.359 e. The van der Waals surface area contributed by atoms with Gasteiger partial charge in [-0.1, -0.05) is 12.1 Å². The second kappa shape index (κ2) is 11.6. The fourth-order valence-electron chi connectivity index (χ4n) is 4.35. The predicted molar refractivity (Wildman–Crippen MR) is 152 cm³/mol. The van der Waals surface area contributed by atoms with Crippen LogP contribution in [-0.2, 0) is 16.6 Å². The van der Waals surface area contributed by atoms with Gasteiger partial charge < -0.3 is 15.0 Å². The second-order valence-electron chi connectivity index (χ2n) is 8.71. The molecule has 0 amide bonds. The van der Waals surface area contributed by atoms with E-state index in [0.717, 1.165) is 46.6 Å². The third-order valence-corrected chi connectivity index (χ3v) is 6.45. The van der Waals surface area contributed by atoms with Crippen LogP contribution in [-0.4, -0.2) is 38.9 Å². The predicted octanol–water partition coefficient (Wildman–Crippen LogP) is 5.27. The normalized spacial score (nSPS) is 11.3. The van der Waals surface area contributed by atoms with Crippen molar-refractivity contribution in [3.8, 4) is 0 Å². The van der Waals surface area contributed by atoms with Crippen LogP contribution in [0, 0.1) is 0 Å². The number of anilines is 4. The summed E-state index contributed by atoms with van der Waals surface area (Å²) in [6.07, 6.45) is 1.92. The standard InChI is InChI=1S/C30H34N5O2/c1-6-35(7-2)25-18-14-23(15-19-25)31-22-12-16-24(17-13-22)34(4)32-29(30(36)37-5)27-20-21-33(3)28-11-9-8-10-26(27)28/h8-21,31H,6-7H2,1-5H3/q+1. The number of fused-ring (bicyclic) bond motifs is 1. The Labute approximate surface area is 218 Å². The molecule has 0 unspecified atom stereocenters. The molecule has 0 saturated heterocycles. The van der Waals surface area contributed by atoms with Crippen molar-refractivity contribution in [2.75, 3.05) is 42.5 Å². The van der Waals surface area contributed by atoms with Crippen LogP contribution in [0.3, 0.4) is 0 Å². The van der Waals surface area contributed by atoms with E-state index in [2.05, 4.69) is 53.4 Å². The van der Waals surface area contributed by atoms with Crippen molar-refractivity contribution in [1.29, 1.82) is 0 Å². The number of aryl methyl sites for hydroxylation is 1. The molecule has 0 aliphatic rings. The molecule has 7 heteroatoms. The number of hydrogen-bond donors (Lipinski definition) is 1. The number of para-hydroxylation sites is 1. The number of carbonyl (C=O) groups excluding carboxylic acids is 1. The first-order chi connectivity index (χ1) is 17.9. The number of aromatic nitrogens is 1. The van der Waals surface area contributed by atoms with E-state index in [1.807, 2.05) is 79.5 Å². The highest BCUT2D eigenvalue weighted by Gasteiger charge is 2.21. The first kappa shape index (κ1) is 25.7. The number of rotatable bonds is 9. The molecule has 0 fully saturated rings. The second-order valence-corrected chi connectivity index (χ2v) is 8.71. The number of carbonyl (C=O) groups is 1. The number of hydrogen-bond acceptors (Lipinski definition) is 6. The molecule has 0 spiro atoms. The molecule has 1 N–H and O–H groups in total. The summed E-state index contributed by atoms with van der Waals surface area (Å²) in [4.78, 5) is 15.1. The van der Waals surface area contributed by atoms with Crippen LogP contribution in [0.2, 0.25) is 0 Å². The maximum Gasteiger partial charge on any atom is 0.359 e. The highest BCUT2D eigenvalue weighted by atomic mass is 16.5. The zero-order chi connectivity index (χ0) is 26.4. The first-order valence-electron chi connectivity index (χ1n) is 12.5. The molecule has 0 aliphatic carbocycles. The maximum absolute atomic E-state index is 12.8. The average Bonchev–Trinajstić information content (AvgIpc) is 2.94. The van der Waals surface area contributed by atoms with Crippen LogP contribution >= 0.6 is 0 Å². The summed E-state index contributed by atoms with van der Waals surface area (Å²) in [6.45, 7) is 6.29. The Bertz CT molecular complexity index is 1390. The number of nitrogens with zero attached hydrogens (tertiary/aromatic N) is 4. The molecular formula is C30H34N5O2+. The van der Waals surface area contributed by atoms with Gasteiger partial charge in [0.15, 0.2) is 11.9 Å². The molecule has 0 bridgehead atoms. The number of ether oxygens (including phenoxy) is 1. The summed E-state index contributed by atoms with van der Waals surface area (Å²) in [5.74, 6) is -0.489. The highest BCUT2D eigenvalue weighted by molar-refractivity contribution is 6.45. The van der Waals surface area contributed by atoms with Gasteiger partial charge in [-0.15, -0.1) is 0 Å². The monoisotopic (exact) mass is 496 g/mol. The Kier molecular flexibility index (Phi) is 8.03. The number of esters is 1. The Morgan fingerprint density at radius 1 is 0.892 bits per heavy atom. The van der Waals surface area contributed by atoms with E-state index in [1.54, 1.807) is 5.01 Å². The van der Waals surface area contributed by atoms with Gasteiger partial charge >= 0.3 is 5.97 Å². The van der Waals surface area contributed by atoms with Gasteiger partial charge in [-0.2, -0.15) is 5.10 Å². The summed E-state index contributed by atoms with van der Waals surface area (Å²) >= 11 is 0. The van der Waals surface area contributed by atoms with Crippen molar-refractivity contribution in [3.05, 3.63) is 90.6 Å². The van der Waals surface area contributed by atoms with E-state index < -0.39 is 5.97 Å². The summed E-state index contributed by atoms with van der Waals surface area (Å²) in [5, 5.41) is 10.7. The van der Waals surface area contributed by atoms with Crippen LogP contribution < -0.4 is 19.8 Å². The Morgan fingerprint density at radius 2 is 1.49 bits per heavy atom. The fourth-order valence-corrected chi connectivity index (χ4v) is 4.35. The largest absolute Gasteiger partial charge is 0.464 e. The van der Waals surface area contributed by atoms with E-state index >= 15 is 0 Å². The average molecular weight is 497 g/mol. The lowest BCUT2D eigenvalue weighted by molar-refractivity contribution is -0.644. The van der Waals surface area contributed by atoms with Gasteiger partial charge in [0.25, 0.3) is 0 Å². The molecule has 0 atom stereocenters. The fraction of sp³-hybridized carbons (Fsp3) is 0.233. The van der Waals surface area contributed by atoms with Crippen molar-refractivity contribution in [1.82, 2.24) is 0 Å². The van der Waals surface area contributed by atoms with Gasteiger partial charge in [0.2, 0.25) is 5.52 Å². The minimum atomic E-state index is -0.489. The molecule has 0 aliphatic heterocycles. The van der Waals surface area contributed by atoms with Crippen molar-refractivity contribution >= 4 is 45.3 Å². The van der Waals surface area contributed by atoms with Crippen LogP contribution in [0.1, 0.15) is 19.4 Å². The molecule has 0 saturated carbocycles. The Hall–Kier alpha value is -4.39. The van der Waals surface area contributed by atoms with Gasteiger partial charge in [0.05, 0.1) is 18.2 Å². The van der Waals surface area contributed by atoms with Crippen LogP contribution in [0.25, 0.3) is 10.9 Å². The summed E-state index contributed by atoms with van der Waals surface area (Å²) < 4.78 is 7.10. The first-order valence-corrected chi connectivity index (χ1v) is 12.5. The van der Waals surface area contributed by atoms with Crippen molar-refractivity contribution < 1.29 is 14.1 Å². The third kappa shape index (κ3) is 5.72. The van der Waals surface area contributed by atoms with Crippen molar-refractivity contribution in [3.63, 3.8) is 0 Å². The SMILES string of the molecule is CCN(CC)c1ccc(Nc2ccc(N(C)/N=C(\C(=O)OC)c3cc[n+](C)c4ccccc34)cc2)cc1. The van der Waals surface area contributed by atoms with E-state index in [4.69, 9.17) is 4.74 Å². The van der Waals surface area contributed by atoms with Crippen LogP contribution in [0.5, 0.6) is 0 Å². The number of hydrazone groups is 1. The molecule has 0 radical (unpaired) electrons. The summed E-state index contributed by atoms with van der Waals surface area (Å²) in [6, 6.07) is 26.2. The lowest BCUT2D eigenvalue weighted by Gasteiger charge is -2.21. The maximum atomic E-state index is 12.8. The molecule has 1 aromatic heterocycles. The molecular weight excluding hydrogens is 462 g/mol. The summed E-state index contributed by atoms with van der Waals surface area (Å²) in [7, 11) is 5.17. The molecule has 190 valence electrons. The van der Waals surface area contributed by atoms with E-state index in [0.29, 0.717) is 0 Å². The Balaban J connectivity index is 1.56. The van der Waals surface area contributed by atoms with E-state index in [-0.39, 0.29) is 5.71 Å². The Morgan fingerprint density at radius 3 is 2.08 bits per heavy atom. The summed E-state index contributed by atoms with van der Waals surface area (Å²) in [5.41, 5.74) is 6.01. The van der Waals surface area contributed by atoms with Gasteiger partial charge in [-0.05, 0) is 68.4 Å². The van der Waals surface area contributed by atoms with Crippen LogP contribution in [0.15, 0.2) is 90.2 Å². The van der Waals surface area contributed by atoms with Gasteiger partial charge in [-0.25, -0.2) is 9.36 Å². The van der Waals surface area contributed by atoms with Crippen molar-refractivity contribution in [2.45, 2.75) is 13.8 Å². The number of benzene rings is 3. The van der Waals surface area contributed by atoms with Gasteiger partial charge in [0.1, 0.15) is 7.05 Å². The minimum absolute atomic E-state index is 0.247. The highest BCUT2D eigenvalue weighted by Crippen LogP contribution is 2.24. The zero-order valence-electron chi connectivity index (χ0n) is 22.1. The van der Waals surface area contributed by atoms with E-state index in [9.17, 15) is 4.79 Å². The third-order valence-electron chi connectivity index (χ3n) is 6.45. The van der Waals surface area contributed by atoms with Gasteiger partial charge in [0, 0.05) is 54.9 Å².